The normalized spacial score (nSPS) is 13.3. The first-order chi connectivity index (χ1) is 16.2. The molecule has 0 saturated carbocycles. The van der Waals surface area contributed by atoms with Crippen LogP contribution in [0.5, 0.6) is 0 Å². The van der Waals surface area contributed by atoms with Crippen LogP contribution < -0.4 is 5.32 Å². The molecular formula is C24H24N8O. The Kier molecular flexibility index (Phi) is 5.52. The van der Waals surface area contributed by atoms with E-state index in [2.05, 4.69) is 50.0 Å². The van der Waals surface area contributed by atoms with Crippen molar-refractivity contribution in [3.8, 4) is 28.2 Å². The molecule has 9 nitrogen and oxygen atoms in total. The number of benzene rings is 2. The fraction of sp³-hybridized carbons (Fsp3) is 0.250. The summed E-state index contributed by atoms with van der Waals surface area (Å²) in [6, 6.07) is 16.1. The van der Waals surface area contributed by atoms with E-state index in [1.165, 1.54) is 0 Å². The SMILES string of the molecule is CCCCc1nc2c(n1-c1ccc(-c3ccccc3-c3nn[nH]n3)cc1)N=C(C)CNC2=O. The molecule has 0 unspecified atom stereocenters. The number of hydrogen-bond acceptors (Lipinski definition) is 6. The first-order valence-electron chi connectivity index (χ1n) is 11.0. The second-order valence-corrected chi connectivity index (χ2v) is 8.00. The Balaban J connectivity index is 1.60. The highest BCUT2D eigenvalue weighted by molar-refractivity contribution is 6.03. The van der Waals surface area contributed by atoms with Crippen LogP contribution in [0.3, 0.4) is 0 Å². The fourth-order valence-electron chi connectivity index (χ4n) is 3.99. The van der Waals surface area contributed by atoms with E-state index in [0.717, 1.165) is 53.2 Å². The smallest absolute Gasteiger partial charge is 0.274 e. The third-order valence-corrected chi connectivity index (χ3v) is 5.64. The van der Waals surface area contributed by atoms with Gasteiger partial charge in [-0.3, -0.25) is 9.36 Å². The van der Waals surface area contributed by atoms with E-state index < -0.39 is 0 Å². The van der Waals surface area contributed by atoms with Gasteiger partial charge in [0.2, 0.25) is 5.82 Å². The fourth-order valence-corrected chi connectivity index (χ4v) is 3.99. The lowest BCUT2D eigenvalue weighted by Gasteiger charge is -2.12. The van der Waals surface area contributed by atoms with Crippen molar-refractivity contribution in [3.63, 3.8) is 0 Å². The number of carbonyl (C=O) groups is 1. The number of aliphatic imine (C=N–C) groups is 1. The van der Waals surface area contributed by atoms with Gasteiger partial charge in [0, 0.05) is 23.4 Å². The highest BCUT2D eigenvalue weighted by Gasteiger charge is 2.25. The quantitative estimate of drug-likeness (QED) is 0.472. The molecule has 1 aliphatic rings. The van der Waals surface area contributed by atoms with E-state index in [1.807, 2.05) is 47.9 Å². The topological polar surface area (TPSA) is 114 Å². The monoisotopic (exact) mass is 440 g/mol. The highest BCUT2D eigenvalue weighted by atomic mass is 16.2. The maximum atomic E-state index is 12.6. The Morgan fingerprint density at radius 1 is 1.06 bits per heavy atom. The van der Waals surface area contributed by atoms with E-state index in [1.54, 1.807) is 0 Å². The highest BCUT2D eigenvalue weighted by Crippen LogP contribution is 2.33. The summed E-state index contributed by atoms with van der Waals surface area (Å²) in [5, 5.41) is 17.3. The lowest BCUT2D eigenvalue weighted by Crippen LogP contribution is -2.26. The molecule has 0 aliphatic carbocycles. The number of carbonyl (C=O) groups excluding carboxylic acids is 1. The minimum Gasteiger partial charge on any atom is -0.345 e. The van der Waals surface area contributed by atoms with E-state index in [0.29, 0.717) is 23.9 Å². The molecule has 2 N–H and O–H groups in total. The molecule has 0 spiro atoms. The van der Waals surface area contributed by atoms with Gasteiger partial charge in [-0.2, -0.15) is 5.21 Å². The molecule has 0 fully saturated rings. The number of H-pyrrole nitrogens is 1. The predicted molar refractivity (Wildman–Crippen MR) is 126 cm³/mol. The van der Waals surface area contributed by atoms with Crippen LogP contribution in [0.1, 0.15) is 43.0 Å². The number of aromatic amines is 1. The van der Waals surface area contributed by atoms with Crippen molar-refractivity contribution < 1.29 is 4.79 Å². The number of fused-ring (bicyclic) bond motifs is 1. The van der Waals surface area contributed by atoms with Gasteiger partial charge < -0.3 is 5.32 Å². The number of nitrogens with zero attached hydrogens (tertiary/aromatic N) is 6. The lowest BCUT2D eigenvalue weighted by atomic mass is 9.99. The third kappa shape index (κ3) is 3.93. The van der Waals surface area contributed by atoms with Crippen molar-refractivity contribution in [3.05, 3.63) is 60.0 Å². The van der Waals surface area contributed by atoms with Crippen LogP contribution in [-0.2, 0) is 6.42 Å². The molecule has 4 aromatic rings. The lowest BCUT2D eigenvalue weighted by molar-refractivity contribution is 0.0956. The number of rotatable bonds is 6. The number of tetrazole rings is 1. The van der Waals surface area contributed by atoms with Crippen molar-refractivity contribution >= 4 is 17.4 Å². The summed E-state index contributed by atoms with van der Waals surface area (Å²) in [6.07, 6.45) is 2.79. The van der Waals surface area contributed by atoms with Gasteiger partial charge in [0.05, 0.1) is 6.54 Å². The largest absolute Gasteiger partial charge is 0.345 e. The molecular weight excluding hydrogens is 416 g/mol. The van der Waals surface area contributed by atoms with Gasteiger partial charge in [-0.15, -0.1) is 10.2 Å². The Morgan fingerprint density at radius 2 is 1.85 bits per heavy atom. The molecule has 33 heavy (non-hydrogen) atoms. The molecule has 9 heteroatoms. The van der Waals surface area contributed by atoms with Crippen LogP contribution in [0, 0.1) is 0 Å². The minimum absolute atomic E-state index is 0.187. The van der Waals surface area contributed by atoms with Gasteiger partial charge in [0.25, 0.3) is 5.91 Å². The molecule has 0 saturated heterocycles. The number of imidazole rings is 1. The van der Waals surface area contributed by atoms with E-state index in [9.17, 15) is 4.79 Å². The van der Waals surface area contributed by atoms with Gasteiger partial charge in [-0.05, 0) is 41.8 Å². The average molecular weight is 441 g/mol. The van der Waals surface area contributed by atoms with E-state index >= 15 is 0 Å². The van der Waals surface area contributed by atoms with E-state index in [4.69, 9.17) is 4.99 Å². The van der Waals surface area contributed by atoms with Crippen molar-refractivity contribution in [2.45, 2.75) is 33.1 Å². The Morgan fingerprint density at radius 3 is 2.58 bits per heavy atom. The summed E-state index contributed by atoms with van der Waals surface area (Å²) in [5.41, 5.74) is 5.07. The van der Waals surface area contributed by atoms with Gasteiger partial charge in [-0.1, -0.05) is 49.7 Å². The molecule has 2 aromatic heterocycles. The minimum atomic E-state index is -0.187. The first kappa shape index (κ1) is 20.7. The Bertz CT molecular complexity index is 1320. The summed E-state index contributed by atoms with van der Waals surface area (Å²) in [5.74, 6) is 1.80. The summed E-state index contributed by atoms with van der Waals surface area (Å²) in [4.78, 5) is 22.0. The summed E-state index contributed by atoms with van der Waals surface area (Å²) >= 11 is 0. The molecule has 5 rings (SSSR count). The predicted octanol–water partition coefficient (Wildman–Crippen LogP) is 3.90. The third-order valence-electron chi connectivity index (χ3n) is 5.64. The number of aromatic nitrogens is 6. The molecule has 166 valence electrons. The van der Waals surface area contributed by atoms with Crippen LogP contribution in [0.15, 0.2) is 53.5 Å². The average Bonchev–Trinajstić information content (AvgIpc) is 3.47. The van der Waals surface area contributed by atoms with Crippen molar-refractivity contribution in [2.75, 3.05) is 6.54 Å². The molecule has 1 aliphatic heterocycles. The summed E-state index contributed by atoms with van der Waals surface area (Å²) in [7, 11) is 0. The molecule has 0 atom stereocenters. The number of unbranched alkanes of at least 4 members (excludes halogenated alkanes) is 1. The number of amides is 1. The summed E-state index contributed by atoms with van der Waals surface area (Å²) in [6.45, 7) is 4.48. The maximum absolute atomic E-state index is 12.6. The molecule has 3 heterocycles. The second kappa shape index (κ2) is 8.78. The van der Waals surface area contributed by atoms with Gasteiger partial charge in [-0.25, -0.2) is 9.98 Å². The molecule has 0 bridgehead atoms. The van der Waals surface area contributed by atoms with E-state index in [-0.39, 0.29) is 5.91 Å². The van der Waals surface area contributed by atoms with Crippen molar-refractivity contribution in [1.82, 2.24) is 35.5 Å². The number of nitrogens with one attached hydrogen (secondary N) is 2. The summed E-state index contributed by atoms with van der Waals surface area (Å²) < 4.78 is 2.01. The number of hydrogen-bond donors (Lipinski definition) is 2. The first-order valence-corrected chi connectivity index (χ1v) is 11.0. The maximum Gasteiger partial charge on any atom is 0.274 e. The van der Waals surface area contributed by atoms with Gasteiger partial charge in [0.15, 0.2) is 11.5 Å². The van der Waals surface area contributed by atoms with Crippen LogP contribution in [0.25, 0.3) is 28.2 Å². The Hall–Kier alpha value is -4.14. The zero-order valence-corrected chi connectivity index (χ0v) is 18.5. The second-order valence-electron chi connectivity index (χ2n) is 8.00. The van der Waals surface area contributed by atoms with Gasteiger partial charge >= 0.3 is 0 Å². The standard InChI is InChI=1S/C24H24N8O/c1-3-4-9-20-27-21-23(26-15(2)14-25-24(21)33)32(20)17-12-10-16(11-13-17)18-7-5-6-8-19(18)22-28-30-31-29-22/h5-8,10-13H,3-4,9,14H2,1-2H3,(H,25,33)(H,28,29,30,31). The van der Waals surface area contributed by atoms with Crippen LogP contribution >= 0.6 is 0 Å². The van der Waals surface area contributed by atoms with Crippen molar-refractivity contribution in [2.24, 2.45) is 4.99 Å². The zero-order valence-electron chi connectivity index (χ0n) is 18.5. The Labute approximate surface area is 191 Å². The molecule has 2 aromatic carbocycles. The van der Waals surface area contributed by atoms with Crippen LogP contribution in [-0.4, -0.2) is 48.3 Å². The molecule has 0 radical (unpaired) electrons. The van der Waals surface area contributed by atoms with Crippen LogP contribution in [0.2, 0.25) is 0 Å². The van der Waals surface area contributed by atoms with Crippen LogP contribution in [0.4, 0.5) is 5.82 Å². The zero-order chi connectivity index (χ0) is 22.8. The van der Waals surface area contributed by atoms with Crippen molar-refractivity contribution in [1.29, 1.82) is 0 Å². The number of aryl methyl sites for hydroxylation is 1. The molecule has 1 amide bonds. The van der Waals surface area contributed by atoms with Gasteiger partial charge in [0.1, 0.15) is 5.82 Å².